The van der Waals surface area contributed by atoms with Crippen LogP contribution in [0.3, 0.4) is 0 Å². The van der Waals surface area contributed by atoms with Crippen molar-refractivity contribution in [3.63, 3.8) is 0 Å². The van der Waals surface area contributed by atoms with Crippen molar-refractivity contribution in [3.05, 3.63) is 46.1 Å². The summed E-state index contributed by atoms with van der Waals surface area (Å²) in [6.45, 7) is 1.92. The molecule has 1 aliphatic rings. The van der Waals surface area contributed by atoms with Gasteiger partial charge in [0.2, 0.25) is 0 Å². The highest BCUT2D eigenvalue weighted by Crippen LogP contribution is 2.41. The van der Waals surface area contributed by atoms with Crippen LogP contribution < -0.4 is 0 Å². The maximum atomic E-state index is 12.4. The molecule has 2 atom stereocenters. The predicted octanol–water partition coefficient (Wildman–Crippen LogP) is 3.11. The Morgan fingerprint density at radius 2 is 2.09 bits per heavy atom. The molecule has 0 aromatic heterocycles. The Morgan fingerprint density at radius 1 is 1.39 bits per heavy atom. The van der Waals surface area contributed by atoms with Crippen LogP contribution in [-0.2, 0) is 14.3 Å². The zero-order valence-electron chi connectivity index (χ0n) is 13.2. The number of ether oxygens (including phenoxy) is 2. The van der Waals surface area contributed by atoms with E-state index in [2.05, 4.69) is 11.1 Å². The van der Waals surface area contributed by atoms with Gasteiger partial charge in [0.25, 0.3) is 0 Å². The van der Waals surface area contributed by atoms with Crippen molar-refractivity contribution in [3.8, 4) is 6.07 Å². The number of methoxy groups -OCH3 is 2. The lowest BCUT2D eigenvalue weighted by Crippen LogP contribution is -2.30. The lowest BCUT2D eigenvalue weighted by Gasteiger charge is -2.30. The first-order valence-electron chi connectivity index (χ1n) is 7.04. The van der Waals surface area contributed by atoms with Crippen LogP contribution in [0.25, 0.3) is 0 Å². The first kappa shape index (κ1) is 17.2. The van der Waals surface area contributed by atoms with E-state index in [1.165, 1.54) is 14.2 Å². The number of carbonyl (C=O) groups is 1. The second kappa shape index (κ2) is 7.40. The van der Waals surface area contributed by atoms with Gasteiger partial charge in [-0.25, -0.2) is 4.79 Å². The van der Waals surface area contributed by atoms with Crippen molar-refractivity contribution in [2.24, 2.45) is 10.9 Å². The van der Waals surface area contributed by atoms with Crippen molar-refractivity contribution in [1.82, 2.24) is 0 Å². The molecule has 1 aliphatic heterocycles. The molecular weight excluding hydrogens is 316 g/mol. The summed E-state index contributed by atoms with van der Waals surface area (Å²) in [6, 6.07) is 9.39. The smallest absolute Gasteiger partial charge is 0.336 e. The zero-order valence-corrected chi connectivity index (χ0v) is 13.9. The Bertz CT molecular complexity index is 719. The predicted molar refractivity (Wildman–Crippen MR) is 87.3 cm³/mol. The highest BCUT2D eigenvalue weighted by molar-refractivity contribution is 6.31. The summed E-state index contributed by atoms with van der Waals surface area (Å²) < 4.78 is 10.1. The van der Waals surface area contributed by atoms with Gasteiger partial charge in [0.05, 0.1) is 37.0 Å². The van der Waals surface area contributed by atoms with Gasteiger partial charge >= 0.3 is 5.97 Å². The Hall–Kier alpha value is -2.16. The van der Waals surface area contributed by atoms with Gasteiger partial charge < -0.3 is 9.47 Å². The normalized spacial score (nSPS) is 20.7. The minimum absolute atomic E-state index is 0.154. The number of aliphatic imine (C=N–C) groups is 1. The summed E-state index contributed by atoms with van der Waals surface area (Å²) in [5.74, 6) is -1.66. The molecule has 0 saturated carbocycles. The highest BCUT2D eigenvalue weighted by atomic mass is 35.5. The van der Waals surface area contributed by atoms with Crippen molar-refractivity contribution < 1.29 is 14.3 Å². The van der Waals surface area contributed by atoms with Gasteiger partial charge in [-0.2, -0.15) is 5.26 Å². The fourth-order valence-electron chi connectivity index (χ4n) is 2.76. The number of nitrogens with zero attached hydrogens (tertiary/aromatic N) is 2. The minimum atomic E-state index is -0.593. The lowest BCUT2D eigenvalue weighted by atomic mass is 9.76. The van der Waals surface area contributed by atoms with E-state index >= 15 is 0 Å². The van der Waals surface area contributed by atoms with Crippen molar-refractivity contribution in [1.29, 1.82) is 5.26 Å². The van der Waals surface area contributed by atoms with Crippen LogP contribution in [0.15, 0.2) is 40.5 Å². The van der Waals surface area contributed by atoms with E-state index in [0.717, 1.165) is 0 Å². The molecule has 0 spiro atoms. The Morgan fingerprint density at radius 3 is 2.65 bits per heavy atom. The van der Waals surface area contributed by atoms with Gasteiger partial charge in [0, 0.05) is 23.8 Å². The molecule has 23 heavy (non-hydrogen) atoms. The monoisotopic (exact) mass is 332 g/mol. The molecule has 0 bridgehead atoms. The van der Waals surface area contributed by atoms with E-state index in [1.54, 1.807) is 19.1 Å². The standard InChI is InChI=1S/C17H17ClN2O3/c1-10-12(8-19)15(11-6-4-5-7-13(11)18)16(17(21)23-3)14(20-10)9-22-2/h4-7,12,15H,9H2,1-3H3. The molecule has 1 heterocycles. The van der Waals surface area contributed by atoms with Crippen LogP contribution in [0.5, 0.6) is 0 Å². The average Bonchev–Trinajstić information content (AvgIpc) is 2.54. The summed E-state index contributed by atoms with van der Waals surface area (Å²) in [4.78, 5) is 16.7. The zero-order chi connectivity index (χ0) is 17.0. The average molecular weight is 333 g/mol. The fourth-order valence-corrected chi connectivity index (χ4v) is 3.02. The molecule has 0 saturated heterocycles. The van der Waals surface area contributed by atoms with E-state index in [0.29, 0.717) is 27.6 Å². The number of carbonyl (C=O) groups excluding carboxylic acids is 1. The maximum absolute atomic E-state index is 12.4. The van der Waals surface area contributed by atoms with Crippen molar-refractivity contribution >= 4 is 23.3 Å². The lowest BCUT2D eigenvalue weighted by molar-refractivity contribution is -0.136. The highest BCUT2D eigenvalue weighted by Gasteiger charge is 2.39. The third-order valence-electron chi connectivity index (χ3n) is 3.78. The van der Waals surface area contributed by atoms with Crippen LogP contribution in [0.1, 0.15) is 18.4 Å². The largest absolute Gasteiger partial charge is 0.466 e. The van der Waals surface area contributed by atoms with Gasteiger partial charge in [-0.05, 0) is 18.6 Å². The van der Waals surface area contributed by atoms with Gasteiger partial charge in [0.1, 0.15) is 0 Å². The first-order valence-corrected chi connectivity index (χ1v) is 7.42. The van der Waals surface area contributed by atoms with E-state index < -0.39 is 17.8 Å². The van der Waals surface area contributed by atoms with Gasteiger partial charge in [0.15, 0.2) is 0 Å². The summed E-state index contributed by atoms with van der Waals surface area (Å²) >= 11 is 6.31. The summed E-state index contributed by atoms with van der Waals surface area (Å²) in [5, 5.41) is 10.1. The first-order chi connectivity index (χ1) is 11.0. The van der Waals surface area contributed by atoms with Gasteiger partial charge in [-0.15, -0.1) is 0 Å². The molecule has 5 nitrogen and oxygen atoms in total. The third-order valence-corrected chi connectivity index (χ3v) is 4.13. The number of hydrogen-bond acceptors (Lipinski definition) is 5. The molecule has 1 aromatic rings. The second-order valence-electron chi connectivity index (χ2n) is 5.14. The quantitative estimate of drug-likeness (QED) is 0.794. The molecule has 6 heteroatoms. The Kier molecular flexibility index (Phi) is 5.54. The number of hydrogen-bond donors (Lipinski definition) is 0. The van der Waals surface area contributed by atoms with Crippen LogP contribution in [-0.4, -0.2) is 32.5 Å². The van der Waals surface area contributed by atoms with Crippen molar-refractivity contribution in [2.45, 2.75) is 12.8 Å². The molecule has 1 aromatic carbocycles. The molecule has 0 N–H and O–H groups in total. The Labute approximate surface area is 140 Å². The summed E-state index contributed by atoms with van der Waals surface area (Å²) in [5.41, 5.74) is 2.11. The van der Waals surface area contributed by atoms with Crippen LogP contribution in [0, 0.1) is 17.2 Å². The topological polar surface area (TPSA) is 71.7 Å². The molecular formula is C17H17ClN2O3. The van der Waals surface area contributed by atoms with Crippen LogP contribution >= 0.6 is 11.6 Å². The van der Waals surface area contributed by atoms with Crippen LogP contribution in [0.4, 0.5) is 0 Å². The third kappa shape index (κ3) is 3.29. The van der Waals surface area contributed by atoms with Crippen LogP contribution in [0.2, 0.25) is 5.02 Å². The minimum Gasteiger partial charge on any atom is -0.466 e. The molecule has 0 radical (unpaired) electrons. The SMILES string of the molecule is COCC1=C(C(=O)OC)C(c2ccccc2Cl)C(C#N)C(C)=N1. The van der Waals surface area contributed by atoms with Gasteiger partial charge in [-0.3, -0.25) is 4.99 Å². The second-order valence-corrected chi connectivity index (χ2v) is 5.55. The molecule has 120 valence electrons. The number of esters is 1. The molecule has 0 amide bonds. The van der Waals surface area contributed by atoms with E-state index in [-0.39, 0.29) is 6.61 Å². The number of nitriles is 1. The Balaban J connectivity index is 2.71. The van der Waals surface area contributed by atoms with E-state index in [1.807, 2.05) is 12.1 Å². The van der Waals surface area contributed by atoms with Crippen molar-refractivity contribution in [2.75, 3.05) is 20.8 Å². The van der Waals surface area contributed by atoms with Gasteiger partial charge in [-0.1, -0.05) is 29.8 Å². The number of rotatable bonds is 4. The van der Waals surface area contributed by atoms with E-state index in [9.17, 15) is 10.1 Å². The molecule has 2 rings (SSSR count). The number of benzene rings is 1. The summed E-state index contributed by atoms with van der Waals surface area (Å²) in [6.07, 6.45) is 0. The number of halogens is 1. The van der Waals surface area contributed by atoms with E-state index in [4.69, 9.17) is 21.1 Å². The maximum Gasteiger partial charge on any atom is 0.336 e. The fraction of sp³-hybridized carbons (Fsp3) is 0.353. The summed E-state index contributed by atoms with van der Waals surface area (Å²) in [7, 11) is 2.82. The molecule has 0 aliphatic carbocycles. The molecule has 2 unspecified atom stereocenters. The molecule has 0 fully saturated rings.